The van der Waals surface area contributed by atoms with Gasteiger partial charge in [-0.05, 0) is 24.9 Å². The molecule has 4 nitrogen and oxygen atoms in total. The van der Waals surface area contributed by atoms with Crippen molar-refractivity contribution in [2.45, 2.75) is 45.6 Å². The topological polar surface area (TPSA) is 45.5 Å². The first kappa shape index (κ1) is 10.7. The number of nitrogens with one attached hydrogen (secondary N) is 1. The van der Waals surface area contributed by atoms with Gasteiger partial charge in [0.2, 0.25) is 6.20 Å². The van der Waals surface area contributed by atoms with Crippen LogP contribution in [0.5, 0.6) is 0 Å². The Balaban J connectivity index is 1.79. The van der Waals surface area contributed by atoms with Crippen LogP contribution in [0.25, 0.3) is 11.0 Å². The highest BCUT2D eigenvalue weighted by molar-refractivity contribution is 5.71. The number of rotatable bonds is 2. The third-order valence-corrected chi connectivity index (χ3v) is 3.66. The molecule has 0 aromatic carbocycles. The van der Waals surface area contributed by atoms with Crippen molar-refractivity contribution in [1.29, 1.82) is 0 Å². The standard InChI is InChI=1S/C13H18N4/c1-10-15-12-7-14-17(9-13(12)16-10)8-11-5-3-2-4-6-11/h7,9,11H,2-6,8H2,1H3/p+1. The molecular weight excluding hydrogens is 212 g/mol. The largest absolute Gasteiger partial charge is 0.337 e. The Morgan fingerprint density at radius 3 is 3.00 bits per heavy atom. The predicted octanol–water partition coefficient (Wildman–Crippen LogP) is 2.13. The van der Waals surface area contributed by atoms with Crippen molar-refractivity contribution in [3.63, 3.8) is 0 Å². The van der Waals surface area contributed by atoms with Crippen LogP contribution in [0.15, 0.2) is 12.4 Å². The molecule has 0 bridgehead atoms. The SMILES string of the molecule is Cc1nc2cn[n+](CC3CCCCC3)cc2[nH]1. The molecule has 3 rings (SSSR count). The van der Waals surface area contributed by atoms with Crippen LogP contribution in [-0.4, -0.2) is 15.1 Å². The van der Waals surface area contributed by atoms with Gasteiger partial charge in [0.25, 0.3) is 0 Å². The first-order valence-electron chi connectivity index (χ1n) is 6.53. The summed E-state index contributed by atoms with van der Waals surface area (Å²) in [6, 6.07) is 0. The fourth-order valence-corrected chi connectivity index (χ4v) is 2.77. The van der Waals surface area contributed by atoms with Crippen molar-refractivity contribution in [3.8, 4) is 0 Å². The molecule has 0 amide bonds. The molecule has 0 spiro atoms. The first-order chi connectivity index (χ1) is 8.31. The van der Waals surface area contributed by atoms with Crippen LogP contribution in [-0.2, 0) is 6.54 Å². The number of fused-ring (bicyclic) bond motifs is 1. The van der Waals surface area contributed by atoms with Gasteiger partial charge in [0.1, 0.15) is 23.1 Å². The van der Waals surface area contributed by atoms with Crippen molar-refractivity contribution < 1.29 is 4.68 Å². The van der Waals surface area contributed by atoms with E-state index in [1.165, 1.54) is 32.1 Å². The average Bonchev–Trinajstić information content (AvgIpc) is 2.70. The van der Waals surface area contributed by atoms with E-state index < -0.39 is 0 Å². The lowest BCUT2D eigenvalue weighted by Crippen LogP contribution is -2.41. The normalized spacial score (nSPS) is 17.7. The molecule has 0 unspecified atom stereocenters. The van der Waals surface area contributed by atoms with Crippen molar-refractivity contribution >= 4 is 11.0 Å². The van der Waals surface area contributed by atoms with E-state index >= 15 is 0 Å². The summed E-state index contributed by atoms with van der Waals surface area (Å²) < 4.78 is 2.07. The molecule has 0 saturated heterocycles. The van der Waals surface area contributed by atoms with E-state index in [9.17, 15) is 0 Å². The van der Waals surface area contributed by atoms with E-state index in [1.807, 2.05) is 13.1 Å². The number of H-pyrrole nitrogens is 1. The number of nitrogens with zero attached hydrogens (tertiary/aromatic N) is 3. The van der Waals surface area contributed by atoms with Gasteiger partial charge in [-0.2, -0.15) is 0 Å². The van der Waals surface area contributed by atoms with E-state index in [4.69, 9.17) is 0 Å². The number of hydrogen-bond donors (Lipinski definition) is 1. The maximum absolute atomic E-state index is 4.45. The lowest BCUT2D eigenvalue weighted by Gasteiger charge is -2.17. The predicted molar refractivity (Wildman–Crippen MR) is 65.4 cm³/mol. The van der Waals surface area contributed by atoms with Crippen LogP contribution in [0.2, 0.25) is 0 Å². The number of aromatic nitrogens is 4. The van der Waals surface area contributed by atoms with Gasteiger partial charge < -0.3 is 4.98 Å². The van der Waals surface area contributed by atoms with E-state index in [0.29, 0.717) is 0 Å². The minimum absolute atomic E-state index is 0.808. The minimum Gasteiger partial charge on any atom is -0.337 e. The highest BCUT2D eigenvalue weighted by Crippen LogP contribution is 2.23. The summed E-state index contributed by atoms with van der Waals surface area (Å²) in [6.07, 6.45) is 10.8. The van der Waals surface area contributed by atoms with Gasteiger partial charge in [0.15, 0.2) is 6.54 Å². The van der Waals surface area contributed by atoms with Crippen LogP contribution < -0.4 is 4.68 Å². The molecule has 1 saturated carbocycles. The molecule has 0 atom stereocenters. The van der Waals surface area contributed by atoms with Crippen LogP contribution in [0.1, 0.15) is 37.9 Å². The van der Waals surface area contributed by atoms with Gasteiger partial charge in [-0.15, -0.1) is 0 Å². The molecule has 1 aliphatic rings. The molecule has 1 fully saturated rings. The van der Waals surface area contributed by atoms with Crippen molar-refractivity contribution in [3.05, 3.63) is 18.2 Å². The molecule has 2 aromatic heterocycles. The molecule has 1 aliphatic carbocycles. The Hall–Kier alpha value is -1.45. The summed E-state index contributed by atoms with van der Waals surface area (Å²) in [5.74, 6) is 1.76. The maximum atomic E-state index is 4.45. The van der Waals surface area contributed by atoms with E-state index in [2.05, 4.69) is 25.9 Å². The first-order valence-corrected chi connectivity index (χ1v) is 6.53. The second kappa shape index (κ2) is 4.43. The van der Waals surface area contributed by atoms with E-state index in [-0.39, 0.29) is 0 Å². The molecular formula is C13H19N4+. The lowest BCUT2D eigenvalue weighted by molar-refractivity contribution is -0.758. The van der Waals surface area contributed by atoms with Crippen LogP contribution >= 0.6 is 0 Å². The molecule has 0 aliphatic heterocycles. The molecule has 2 heterocycles. The van der Waals surface area contributed by atoms with Crippen LogP contribution in [0.3, 0.4) is 0 Å². The molecule has 90 valence electrons. The van der Waals surface area contributed by atoms with E-state index in [0.717, 1.165) is 29.3 Å². The smallest absolute Gasteiger partial charge is 0.221 e. The van der Waals surface area contributed by atoms with E-state index in [1.54, 1.807) is 0 Å². The summed E-state index contributed by atoms with van der Waals surface area (Å²) in [5.41, 5.74) is 2.05. The van der Waals surface area contributed by atoms with Gasteiger partial charge in [-0.1, -0.05) is 23.9 Å². The number of aryl methyl sites for hydroxylation is 1. The molecule has 17 heavy (non-hydrogen) atoms. The summed E-state index contributed by atoms with van der Waals surface area (Å²) in [4.78, 5) is 7.63. The Kier molecular flexibility index (Phi) is 2.79. The molecule has 0 radical (unpaired) electrons. The van der Waals surface area contributed by atoms with Gasteiger partial charge in [-0.25, -0.2) is 4.98 Å². The van der Waals surface area contributed by atoms with Crippen molar-refractivity contribution in [1.82, 2.24) is 15.1 Å². The molecule has 2 aromatic rings. The number of aromatic amines is 1. The average molecular weight is 231 g/mol. The summed E-state index contributed by atoms with van der Waals surface area (Å²) in [5, 5.41) is 4.45. The Morgan fingerprint density at radius 2 is 2.18 bits per heavy atom. The monoisotopic (exact) mass is 231 g/mol. The highest BCUT2D eigenvalue weighted by Gasteiger charge is 2.19. The van der Waals surface area contributed by atoms with Gasteiger partial charge in [0, 0.05) is 5.92 Å². The number of imidazole rings is 1. The zero-order valence-electron chi connectivity index (χ0n) is 10.3. The second-order valence-corrected chi connectivity index (χ2v) is 5.12. The van der Waals surface area contributed by atoms with Crippen LogP contribution in [0.4, 0.5) is 0 Å². The summed E-state index contributed by atoms with van der Waals surface area (Å²) in [6.45, 7) is 3.03. The van der Waals surface area contributed by atoms with Gasteiger partial charge in [0.05, 0.1) is 0 Å². The van der Waals surface area contributed by atoms with Gasteiger partial charge >= 0.3 is 0 Å². The van der Waals surface area contributed by atoms with Crippen molar-refractivity contribution in [2.75, 3.05) is 0 Å². The quantitative estimate of drug-likeness (QED) is 0.805. The Morgan fingerprint density at radius 1 is 1.35 bits per heavy atom. The fourth-order valence-electron chi connectivity index (χ4n) is 2.77. The fraction of sp³-hybridized carbons (Fsp3) is 0.615. The zero-order chi connectivity index (χ0) is 11.7. The molecule has 1 N–H and O–H groups in total. The van der Waals surface area contributed by atoms with Crippen LogP contribution in [0, 0.1) is 12.8 Å². The summed E-state index contributed by atoms with van der Waals surface area (Å²) in [7, 11) is 0. The third-order valence-electron chi connectivity index (χ3n) is 3.66. The lowest BCUT2D eigenvalue weighted by atomic mass is 9.89. The maximum Gasteiger partial charge on any atom is 0.221 e. The Labute approximate surface area is 101 Å². The third kappa shape index (κ3) is 2.30. The summed E-state index contributed by atoms with van der Waals surface area (Å²) >= 11 is 0. The highest BCUT2D eigenvalue weighted by atomic mass is 15.3. The van der Waals surface area contributed by atoms with Crippen molar-refractivity contribution in [2.24, 2.45) is 5.92 Å². The zero-order valence-corrected chi connectivity index (χ0v) is 10.3. The molecule has 4 heteroatoms. The minimum atomic E-state index is 0.808. The second-order valence-electron chi connectivity index (χ2n) is 5.12. The number of hydrogen-bond acceptors (Lipinski definition) is 2. The van der Waals surface area contributed by atoms with Gasteiger partial charge in [-0.3, -0.25) is 0 Å². The Bertz CT molecular complexity index is 511.